The Balaban J connectivity index is 2.77. The van der Waals surface area contributed by atoms with Gasteiger partial charge in [0.15, 0.2) is 4.21 Å². The van der Waals surface area contributed by atoms with Gasteiger partial charge in [-0.2, -0.15) is 8.42 Å². The molecule has 0 unspecified atom stereocenters. The monoisotopic (exact) mass is 217 g/mol. The fraction of sp³-hybridized carbons (Fsp3) is 0. The third kappa shape index (κ3) is 1.54. The van der Waals surface area contributed by atoms with Crippen molar-refractivity contribution in [1.29, 1.82) is 0 Å². The van der Waals surface area contributed by atoms with E-state index in [2.05, 4.69) is 4.98 Å². The summed E-state index contributed by atoms with van der Waals surface area (Å²) in [6.45, 7) is 0. The average Bonchev–Trinajstić information content (AvgIpc) is 2.45. The lowest BCUT2D eigenvalue weighted by molar-refractivity contribution is 0.554. The SMILES string of the molecule is O=S(=O)(F)c1cc2cccnc2s1. The number of fused-ring (bicyclic) bond motifs is 1. The summed E-state index contributed by atoms with van der Waals surface area (Å²) in [4.78, 5) is 4.43. The van der Waals surface area contributed by atoms with Crippen LogP contribution in [0, 0.1) is 0 Å². The van der Waals surface area contributed by atoms with E-state index in [9.17, 15) is 12.3 Å². The minimum atomic E-state index is -4.59. The smallest absolute Gasteiger partial charge is 0.245 e. The van der Waals surface area contributed by atoms with Gasteiger partial charge in [0.25, 0.3) is 0 Å². The zero-order valence-electron chi connectivity index (χ0n) is 6.27. The van der Waals surface area contributed by atoms with Gasteiger partial charge in [0, 0.05) is 11.6 Å². The molecular formula is C7H4FNO2S2. The van der Waals surface area contributed by atoms with Gasteiger partial charge in [-0.05, 0) is 12.1 Å². The standard InChI is InChI=1S/C7H4FNO2S2/c8-13(10,11)6-4-5-2-1-3-9-7(5)12-6/h1-4H. The van der Waals surface area contributed by atoms with Crippen molar-refractivity contribution < 1.29 is 12.3 Å². The summed E-state index contributed by atoms with van der Waals surface area (Å²) in [5, 5.41) is 0.642. The second-order valence-corrected chi connectivity index (χ2v) is 5.01. The number of pyridine rings is 1. The van der Waals surface area contributed by atoms with Crippen molar-refractivity contribution >= 4 is 31.8 Å². The first-order valence-electron chi connectivity index (χ1n) is 3.36. The lowest BCUT2D eigenvalue weighted by Crippen LogP contribution is -1.84. The molecule has 13 heavy (non-hydrogen) atoms. The van der Waals surface area contributed by atoms with Crippen LogP contribution in [0.4, 0.5) is 3.89 Å². The molecule has 0 saturated carbocycles. The van der Waals surface area contributed by atoms with Crippen LogP contribution in [0.15, 0.2) is 28.6 Å². The lowest BCUT2D eigenvalue weighted by atomic mass is 10.4. The summed E-state index contributed by atoms with van der Waals surface area (Å²) in [7, 11) is -4.59. The maximum atomic E-state index is 12.5. The molecule has 0 amide bonds. The predicted octanol–water partition coefficient (Wildman–Crippen LogP) is 1.95. The quantitative estimate of drug-likeness (QED) is 0.686. The van der Waals surface area contributed by atoms with Crippen LogP contribution < -0.4 is 0 Å². The second-order valence-electron chi connectivity index (χ2n) is 2.40. The van der Waals surface area contributed by atoms with Crippen LogP contribution in [0.25, 0.3) is 10.2 Å². The molecule has 0 radical (unpaired) electrons. The van der Waals surface area contributed by atoms with Crippen LogP contribution >= 0.6 is 11.3 Å². The third-order valence-corrected chi connectivity index (χ3v) is 3.81. The van der Waals surface area contributed by atoms with Gasteiger partial charge >= 0.3 is 10.2 Å². The molecule has 2 aromatic rings. The Morgan fingerprint density at radius 3 is 2.85 bits per heavy atom. The first-order valence-corrected chi connectivity index (χ1v) is 5.56. The molecule has 68 valence electrons. The van der Waals surface area contributed by atoms with Crippen molar-refractivity contribution in [1.82, 2.24) is 4.98 Å². The van der Waals surface area contributed by atoms with E-state index in [1.807, 2.05) is 0 Å². The van der Waals surface area contributed by atoms with Crippen molar-refractivity contribution in [2.75, 3.05) is 0 Å². The van der Waals surface area contributed by atoms with Crippen LogP contribution in [0.2, 0.25) is 0 Å². The summed E-state index contributed by atoms with van der Waals surface area (Å²) in [5.74, 6) is 0. The highest BCUT2D eigenvalue weighted by molar-refractivity contribution is 7.88. The van der Waals surface area contributed by atoms with Gasteiger partial charge in [-0.25, -0.2) is 4.98 Å². The molecule has 0 bridgehead atoms. The Labute approximate surface area is 78.1 Å². The highest BCUT2D eigenvalue weighted by atomic mass is 32.3. The van der Waals surface area contributed by atoms with Gasteiger partial charge in [0.1, 0.15) is 4.83 Å². The summed E-state index contributed by atoms with van der Waals surface area (Å²) in [5.41, 5.74) is 0. The summed E-state index contributed by atoms with van der Waals surface area (Å²) >= 11 is 0.830. The van der Waals surface area contributed by atoms with Crippen LogP contribution in [-0.4, -0.2) is 13.4 Å². The van der Waals surface area contributed by atoms with E-state index in [4.69, 9.17) is 0 Å². The van der Waals surface area contributed by atoms with E-state index in [-0.39, 0.29) is 4.21 Å². The molecule has 0 aliphatic carbocycles. The molecule has 3 nitrogen and oxygen atoms in total. The predicted molar refractivity (Wildman–Crippen MR) is 47.9 cm³/mol. The number of halogens is 1. The largest absolute Gasteiger partial charge is 0.341 e. The molecule has 0 aliphatic heterocycles. The number of hydrogen-bond donors (Lipinski definition) is 0. The number of nitrogens with zero attached hydrogens (tertiary/aromatic N) is 1. The minimum Gasteiger partial charge on any atom is -0.245 e. The maximum Gasteiger partial charge on any atom is 0.341 e. The second kappa shape index (κ2) is 2.74. The maximum absolute atomic E-state index is 12.5. The van der Waals surface area contributed by atoms with Crippen LogP contribution in [0.5, 0.6) is 0 Å². The molecule has 2 heterocycles. The number of thiophene rings is 1. The molecule has 0 saturated heterocycles. The average molecular weight is 217 g/mol. The van der Waals surface area contributed by atoms with Gasteiger partial charge in [0.05, 0.1) is 0 Å². The van der Waals surface area contributed by atoms with Crippen molar-refractivity contribution in [3.8, 4) is 0 Å². The van der Waals surface area contributed by atoms with E-state index >= 15 is 0 Å². The molecule has 0 aromatic carbocycles. The molecule has 2 aromatic heterocycles. The molecule has 0 atom stereocenters. The Morgan fingerprint density at radius 1 is 1.46 bits per heavy atom. The molecule has 2 rings (SSSR count). The molecule has 0 spiro atoms. The van der Waals surface area contributed by atoms with Gasteiger partial charge in [0.2, 0.25) is 0 Å². The fourth-order valence-electron chi connectivity index (χ4n) is 0.970. The summed E-state index contributed by atoms with van der Waals surface area (Å²) < 4.78 is 33.3. The highest BCUT2D eigenvalue weighted by Gasteiger charge is 2.15. The lowest BCUT2D eigenvalue weighted by Gasteiger charge is -1.81. The summed E-state index contributed by atoms with van der Waals surface area (Å²) in [6, 6.07) is 4.64. The van der Waals surface area contributed by atoms with Crippen molar-refractivity contribution in [3.05, 3.63) is 24.4 Å². The Bertz CT molecular complexity index is 513. The van der Waals surface area contributed by atoms with E-state index in [0.29, 0.717) is 10.2 Å². The Morgan fingerprint density at radius 2 is 2.23 bits per heavy atom. The van der Waals surface area contributed by atoms with Crippen LogP contribution in [0.1, 0.15) is 0 Å². The first kappa shape index (κ1) is 8.58. The molecule has 6 heteroatoms. The van der Waals surface area contributed by atoms with Gasteiger partial charge in [-0.15, -0.1) is 11.3 Å². The highest BCUT2D eigenvalue weighted by Crippen LogP contribution is 2.27. The Kier molecular flexibility index (Phi) is 1.81. The van der Waals surface area contributed by atoms with E-state index < -0.39 is 10.2 Å². The summed E-state index contributed by atoms with van der Waals surface area (Å²) in [6.07, 6.45) is 1.54. The fourth-order valence-corrected chi connectivity index (χ4v) is 2.61. The van der Waals surface area contributed by atoms with Gasteiger partial charge < -0.3 is 0 Å². The van der Waals surface area contributed by atoms with Crippen molar-refractivity contribution in [3.63, 3.8) is 0 Å². The van der Waals surface area contributed by atoms with Crippen molar-refractivity contribution in [2.45, 2.75) is 4.21 Å². The van der Waals surface area contributed by atoms with E-state index in [1.54, 1.807) is 12.1 Å². The Hall–Kier alpha value is -1.01. The zero-order valence-corrected chi connectivity index (χ0v) is 7.90. The van der Waals surface area contributed by atoms with Crippen LogP contribution in [0.3, 0.4) is 0 Å². The molecule has 0 aliphatic rings. The third-order valence-electron chi connectivity index (χ3n) is 1.51. The number of aromatic nitrogens is 1. The van der Waals surface area contributed by atoms with Gasteiger partial charge in [-0.1, -0.05) is 9.95 Å². The first-order chi connectivity index (χ1) is 6.07. The van der Waals surface area contributed by atoms with Crippen molar-refractivity contribution in [2.24, 2.45) is 0 Å². The molecular weight excluding hydrogens is 213 g/mol. The zero-order chi connectivity index (χ0) is 9.47. The normalized spacial score (nSPS) is 12.1. The number of rotatable bonds is 1. The molecule has 0 N–H and O–H groups in total. The van der Waals surface area contributed by atoms with E-state index in [1.165, 1.54) is 12.3 Å². The number of hydrogen-bond acceptors (Lipinski definition) is 4. The van der Waals surface area contributed by atoms with Gasteiger partial charge in [-0.3, -0.25) is 0 Å². The van der Waals surface area contributed by atoms with Crippen LogP contribution in [-0.2, 0) is 10.2 Å². The molecule has 0 fully saturated rings. The minimum absolute atomic E-state index is 0.291. The topological polar surface area (TPSA) is 47.0 Å². The van der Waals surface area contributed by atoms with E-state index in [0.717, 1.165) is 11.3 Å².